The maximum atomic E-state index is 11.3. The Labute approximate surface area is 107 Å². The monoisotopic (exact) mass is 270 g/mol. The van der Waals surface area contributed by atoms with Gasteiger partial charge >= 0.3 is 0 Å². The van der Waals surface area contributed by atoms with Crippen LogP contribution < -0.4 is 10.2 Å². The molecule has 0 spiro atoms. The van der Waals surface area contributed by atoms with Crippen molar-refractivity contribution in [3.8, 4) is 0 Å². The molecule has 100 valence electrons. The summed E-state index contributed by atoms with van der Waals surface area (Å²) in [5, 5.41) is 3.20. The fourth-order valence-corrected chi connectivity index (χ4v) is 2.99. The van der Waals surface area contributed by atoms with Crippen LogP contribution in [0.15, 0.2) is 12.4 Å². The van der Waals surface area contributed by atoms with E-state index in [0.717, 1.165) is 18.7 Å². The molecule has 0 aliphatic carbocycles. The third-order valence-corrected chi connectivity index (χ3v) is 4.51. The molecule has 7 heteroatoms. The summed E-state index contributed by atoms with van der Waals surface area (Å²) in [4.78, 5) is 10.5. The van der Waals surface area contributed by atoms with Crippen LogP contribution in [0.2, 0.25) is 0 Å². The minimum absolute atomic E-state index is 0.190. The largest absolute Gasteiger partial charge is 0.339 e. The fourth-order valence-electron chi connectivity index (χ4n) is 1.78. The highest BCUT2D eigenvalue weighted by Crippen LogP contribution is 2.11. The van der Waals surface area contributed by atoms with E-state index in [1.807, 2.05) is 11.8 Å². The van der Waals surface area contributed by atoms with Crippen LogP contribution in [0.1, 0.15) is 12.5 Å². The number of anilines is 1. The van der Waals surface area contributed by atoms with Crippen molar-refractivity contribution in [1.29, 1.82) is 0 Å². The molecule has 1 fully saturated rings. The maximum absolute atomic E-state index is 11.3. The van der Waals surface area contributed by atoms with Crippen LogP contribution >= 0.6 is 0 Å². The smallest absolute Gasteiger partial charge is 0.225 e. The number of sulfone groups is 1. The Morgan fingerprint density at radius 2 is 1.89 bits per heavy atom. The van der Waals surface area contributed by atoms with E-state index in [0.29, 0.717) is 19.0 Å². The van der Waals surface area contributed by atoms with Crippen LogP contribution in [0.3, 0.4) is 0 Å². The second-order valence-corrected chi connectivity index (χ2v) is 6.61. The standard InChI is InChI=1S/C11H18N4O2S/c1-2-12-7-10-8-13-11(14-9-10)15-3-5-18(16,17)6-4-15/h8-9,12H,2-7H2,1H3. The summed E-state index contributed by atoms with van der Waals surface area (Å²) in [5.74, 6) is 0.996. The van der Waals surface area contributed by atoms with E-state index in [4.69, 9.17) is 0 Å². The second-order valence-electron chi connectivity index (χ2n) is 4.31. The lowest BCUT2D eigenvalue weighted by Gasteiger charge is -2.26. The van der Waals surface area contributed by atoms with Gasteiger partial charge in [-0.2, -0.15) is 0 Å². The van der Waals surface area contributed by atoms with E-state index >= 15 is 0 Å². The van der Waals surface area contributed by atoms with Crippen molar-refractivity contribution in [3.05, 3.63) is 18.0 Å². The first-order valence-corrected chi connectivity index (χ1v) is 7.90. The van der Waals surface area contributed by atoms with Crippen LogP contribution in [-0.4, -0.2) is 49.5 Å². The van der Waals surface area contributed by atoms with Gasteiger partial charge in [0.15, 0.2) is 9.84 Å². The average molecular weight is 270 g/mol. The third kappa shape index (κ3) is 3.39. The SMILES string of the molecule is CCNCc1cnc(N2CCS(=O)(=O)CC2)nc1. The zero-order valence-corrected chi connectivity index (χ0v) is 11.3. The molecule has 0 aromatic carbocycles. The number of hydrogen-bond acceptors (Lipinski definition) is 6. The average Bonchev–Trinajstić information content (AvgIpc) is 2.37. The van der Waals surface area contributed by atoms with Gasteiger partial charge in [-0.3, -0.25) is 0 Å². The highest BCUT2D eigenvalue weighted by molar-refractivity contribution is 7.91. The summed E-state index contributed by atoms with van der Waals surface area (Å²) in [6.07, 6.45) is 3.57. The molecule has 2 heterocycles. The van der Waals surface area contributed by atoms with Gasteiger partial charge in [-0.15, -0.1) is 0 Å². The molecule has 18 heavy (non-hydrogen) atoms. The van der Waals surface area contributed by atoms with Gasteiger partial charge < -0.3 is 10.2 Å². The molecule has 0 saturated carbocycles. The van der Waals surface area contributed by atoms with E-state index in [9.17, 15) is 8.42 Å². The van der Waals surface area contributed by atoms with Gasteiger partial charge in [0.1, 0.15) is 0 Å². The van der Waals surface area contributed by atoms with Gasteiger partial charge in [0.25, 0.3) is 0 Å². The molecular formula is C11H18N4O2S. The van der Waals surface area contributed by atoms with Crippen molar-refractivity contribution >= 4 is 15.8 Å². The van der Waals surface area contributed by atoms with Crippen LogP contribution in [0.5, 0.6) is 0 Å². The normalized spacial score (nSPS) is 18.8. The molecule has 0 amide bonds. The Hall–Kier alpha value is -1.21. The van der Waals surface area contributed by atoms with E-state index in [1.165, 1.54) is 0 Å². The molecule has 1 aliphatic heterocycles. The highest BCUT2D eigenvalue weighted by Gasteiger charge is 2.22. The number of hydrogen-bond donors (Lipinski definition) is 1. The van der Waals surface area contributed by atoms with Crippen molar-refractivity contribution in [3.63, 3.8) is 0 Å². The summed E-state index contributed by atoms with van der Waals surface area (Å²) in [6, 6.07) is 0. The van der Waals surface area contributed by atoms with Crippen molar-refractivity contribution in [2.75, 3.05) is 36.0 Å². The summed E-state index contributed by atoms with van der Waals surface area (Å²) < 4.78 is 22.6. The van der Waals surface area contributed by atoms with Crippen LogP contribution in [0, 0.1) is 0 Å². The predicted octanol–water partition coefficient (Wildman–Crippen LogP) is -0.179. The van der Waals surface area contributed by atoms with Gasteiger partial charge in [-0.1, -0.05) is 6.92 Å². The molecule has 2 rings (SSSR count). The van der Waals surface area contributed by atoms with Gasteiger partial charge in [0.2, 0.25) is 5.95 Å². The number of aromatic nitrogens is 2. The number of nitrogens with zero attached hydrogens (tertiary/aromatic N) is 3. The van der Waals surface area contributed by atoms with E-state index in [-0.39, 0.29) is 11.5 Å². The molecule has 0 atom stereocenters. The molecule has 1 N–H and O–H groups in total. The molecule has 0 radical (unpaired) electrons. The quantitative estimate of drug-likeness (QED) is 0.818. The van der Waals surface area contributed by atoms with Crippen molar-refractivity contribution in [2.45, 2.75) is 13.5 Å². The first kappa shape index (κ1) is 13.2. The minimum atomic E-state index is -2.85. The molecule has 1 saturated heterocycles. The maximum Gasteiger partial charge on any atom is 0.225 e. The lowest BCUT2D eigenvalue weighted by Crippen LogP contribution is -2.41. The third-order valence-electron chi connectivity index (χ3n) is 2.90. The highest BCUT2D eigenvalue weighted by atomic mass is 32.2. The molecule has 1 aliphatic rings. The predicted molar refractivity (Wildman–Crippen MR) is 70.3 cm³/mol. The van der Waals surface area contributed by atoms with E-state index in [1.54, 1.807) is 12.4 Å². The molecule has 1 aromatic rings. The molecule has 6 nitrogen and oxygen atoms in total. The Morgan fingerprint density at radius 3 is 2.44 bits per heavy atom. The first-order valence-electron chi connectivity index (χ1n) is 6.08. The summed E-state index contributed by atoms with van der Waals surface area (Å²) in [7, 11) is -2.85. The van der Waals surface area contributed by atoms with Crippen molar-refractivity contribution < 1.29 is 8.42 Å². The molecule has 0 bridgehead atoms. The van der Waals surface area contributed by atoms with Crippen molar-refractivity contribution in [1.82, 2.24) is 15.3 Å². The number of rotatable bonds is 4. The fraction of sp³-hybridized carbons (Fsp3) is 0.636. The minimum Gasteiger partial charge on any atom is -0.339 e. The zero-order valence-electron chi connectivity index (χ0n) is 10.5. The molecule has 0 unspecified atom stereocenters. The first-order chi connectivity index (χ1) is 8.61. The van der Waals surface area contributed by atoms with Crippen LogP contribution in [0.25, 0.3) is 0 Å². The molecular weight excluding hydrogens is 252 g/mol. The summed E-state index contributed by atoms with van der Waals surface area (Å²) in [5.41, 5.74) is 1.03. The van der Waals surface area contributed by atoms with Gasteiger partial charge in [-0.05, 0) is 6.54 Å². The van der Waals surface area contributed by atoms with Crippen LogP contribution in [-0.2, 0) is 16.4 Å². The Morgan fingerprint density at radius 1 is 1.28 bits per heavy atom. The van der Waals surface area contributed by atoms with Crippen LogP contribution in [0.4, 0.5) is 5.95 Å². The Kier molecular flexibility index (Phi) is 4.13. The number of nitrogens with one attached hydrogen (secondary N) is 1. The molecule has 1 aromatic heterocycles. The Balaban J connectivity index is 1.98. The zero-order chi connectivity index (χ0) is 13.0. The Bertz CT molecular complexity index is 472. The summed E-state index contributed by atoms with van der Waals surface area (Å²) in [6.45, 7) is 4.67. The lowest BCUT2D eigenvalue weighted by molar-refractivity contribution is 0.585. The van der Waals surface area contributed by atoms with E-state index < -0.39 is 9.84 Å². The van der Waals surface area contributed by atoms with E-state index in [2.05, 4.69) is 15.3 Å². The summed E-state index contributed by atoms with van der Waals surface area (Å²) >= 11 is 0. The van der Waals surface area contributed by atoms with Gasteiger partial charge in [-0.25, -0.2) is 18.4 Å². The second kappa shape index (κ2) is 5.62. The van der Waals surface area contributed by atoms with Gasteiger partial charge in [0, 0.05) is 37.6 Å². The van der Waals surface area contributed by atoms with Crippen molar-refractivity contribution in [2.24, 2.45) is 0 Å². The topological polar surface area (TPSA) is 75.2 Å². The van der Waals surface area contributed by atoms with Gasteiger partial charge in [0.05, 0.1) is 11.5 Å². The lowest BCUT2D eigenvalue weighted by atomic mass is 10.3.